The second-order valence-electron chi connectivity index (χ2n) is 8.63. The van der Waals surface area contributed by atoms with Crippen LogP contribution in [0.4, 0.5) is 10.5 Å². The molecule has 35 heavy (non-hydrogen) atoms. The Balaban J connectivity index is 1.91. The highest BCUT2D eigenvalue weighted by molar-refractivity contribution is 5.90. The van der Waals surface area contributed by atoms with E-state index in [-0.39, 0.29) is 6.03 Å². The topological polar surface area (TPSA) is 88.1 Å². The average molecular weight is 485 g/mol. The van der Waals surface area contributed by atoms with Crippen LogP contribution in [0.1, 0.15) is 57.1 Å². The molecule has 0 saturated carbocycles. The Morgan fingerprint density at radius 2 is 1.69 bits per heavy atom. The fourth-order valence-electron chi connectivity index (χ4n) is 3.76. The number of hydrogen-bond donors (Lipinski definition) is 2. The monoisotopic (exact) mass is 484 g/mol. The maximum Gasteiger partial charge on any atom is 0.333 e. The number of hydrogen-bond acceptors (Lipinski definition) is 4. The number of carbonyl (C=O) groups excluding carboxylic acids is 1. The molecule has 2 aromatic carbocycles. The summed E-state index contributed by atoms with van der Waals surface area (Å²) in [5, 5.41) is 12.3. The SMILES string of the molecule is CCCCCCCN(CCOc1ccc(CC(OCC)C(=O)O)cc1)C(=O)Nc1ccccc1C. The number of ether oxygens (including phenoxy) is 2. The van der Waals surface area contributed by atoms with E-state index < -0.39 is 12.1 Å². The van der Waals surface area contributed by atoms with Crippen molar-refractivity contribution in [1.82, 2.24) is 4.90 Å². The first-order valence-corrected chi connectivity index (χ1v) is 12.6. The number of unbranched alkanes of at least 4 members (excludes halogenated alkanes) is 4. The zero-order valence-corrected chi connectivity index (χ0v) is 21.3. The van der Waals surface area contributed by atoms with Gasteiger partial charge >= 0.3 is 12.0 Å². The number of anilines is 1. The molecule has 0 saturated heterocycles. The van der Waals surface area contributed by atoms with Gasteiger partial charge in [-0.15, -0.1) is 0 Å². The zero-order chi connectivity index (χ0) is 25.5. The minimum atomic E-state index is -0.967. The number of carbonyl (C=O) groups is 2. The summed E-state index contributed by atoms with van der Waals surface area (Å²) in [6.07, 6.45) is 5.08. The van der Waals surface area contributed by atoms with Crippen LogP contribution in [-0.4, -0.2) is 54.4 Å². The number of aryl methyl sites for hydroxylation is 1. The van der Waals surface area contributed by atoms with Gasteiger partial charge in [0.15, 0.2) is 6.10 Å². The lowest BCUT2D eigenvalue weighted by Crippen LogP contribution is -2.38. The number of nitrogens with one attached hydrogen (secondary N) is 1. The molecule has 192 valence electrons. The molecule has 2 amide bonds. The maximum absolute atomic E-state index is 13.0. The van der Waals surface area contributed by atoms with E-state index in [0.717, 1.165) is 29.7 Å². The van der Waals surface area contributed by atoms with Gasteiger partial charge in [-0.25, -0.2) is 9.59 Å². The van der Waals surface area contributed by atoms with Gasteiger partial charge < -0.3 is 24.8 Å². The molecule has 0 aliphatic rings. The number of carboxylic acids is 1. The van der Waals surface area contributed by atoms with Gasteiger partial charge in [0.1, 0.15) is 12.4 Å². The van der Waals surface area contributed by atoms with E-state index in [9.17, 15) is 14.7 Å². The minimum absolute atomic E-state index is 0.121. The van der Waals surface area contributed by atoms with E-state index in [2.05, 4.69) is 12.2 Å². The van der Waals surface area contributed by atoms with Gasteiger partial charge in [-0.2, -0.15) is 0 Å². The molecule has 0 fully saturated rings. The van der Waals surface area contributed by atoms with Crippen molar-refractivity contribution in [2.24, 2.45) is 0 Å². The highest BCUT2D eigenvalue weighted by atomic mass is 16.5. The maximum atomic E-state index is 13.0. The first-order valence-electron chi connectivity index (χ1n) is 12.6. The van der Waals surface area contributed by atoms with Crippen LogP contribution in [0.15, 0.2) is 48.5 Å². The average Bonchev–Trinajstić information content (AvgIpc) is 2.84. The van der Waals surface area contributed by atoms with Crippen LogP contribution in [0.25, 0.3) is 0 Å². The Bertz CT molecular complexity index is 900. The number of amides is 2. The van der Waals surface area contributed by atoms with Crippen LogP contribution in [0.2, 0.25) is 0 Å². The Morgan fingerprint density at radius 3 is 2.34 bits per heavy atom. The van der Waals surface area contributed by atoms with Gasteiger partial charge in [0, 0.05) is 25.3 Å². The molecule has 0 bridgehead atoms. The number of urea groups is 1. The Morgan fingerprint density at radius 1 is 0.971 bits per heavy atom. The molecule has 1 unspecified atom stereocenters. The summed E-state index contributed by atoms with van der Waals surface area (Å²) in [6, 6.07) is 15.0. The van der Waals surface area contributed by atoms with E-state index >= 15 is 0 Å². The first-order chi connectivity index (χ1) is 16.9. The molecule has 0 aliphatic heterocycles. The van der Waals surface area contributed by atoms with Gasteiger partial charge in [0.2, 0.25) is 0 Å². The third-order valence-electron chi connectivity index (χ3n) is 5.82. The van der Waals surface area contributed by atoms with Crippen LogP contribution in [0.5, 0.6) is 5.75 Å². The summed E-state index contributed by atoms with van der Waals surface area (Å²) >= 11 is 0. The molecule has 2 rings (SSSR count). The number of para-hydroxylation sites is 1. The van der Waals surface area contributed by atoms with Crippen molar-refractivity contribution in [3.63, 3.8) is 0 Å². The molecule has 7 heteroatoms. The molecule has 7 nitrogen and oxygen atoms in total. The number of carboxylic acid groups (broad SMARTS) is 1. The largest absolute Gasteiger partial charge is 0.492 e. The van der Waals surface area contributed by atoms with Crippen LogP contribution in [-0.2, 0) is 16.0 Å². The van der Waals surface area contributed by atoms with E-state index in [1.54, 1.807) is 6.92 Å². The Hall–Kier alpha value is -3.06. The molecule has 2 aromatic rings. The third kappa shape index (κ3) is 10.4. The normalized spacial score (nSPS) is 11.6. The predicted molar refractivity (Wildman–Crippen MR) is 139 cm³/mol. The van der Waals surface area contributed by atoms with E-state index in [1.165, 1.54) is 19.3 Å². The lowest BCUT2D eigenvalue weighted by molar-refractivity contribution is -0.149. The number of aliphatic carboxylic acids is 1. The van der Waals surface area contributed by atoms with Gasteiger partial charge in [-0.05, 0) is 49.6 Å². The lowest BCUT2D eigenvalue weighted by Gasteiger charge is -2.24. The molecule has 0 aliphatic carbocycles. The van der Waals surface area contributed by atoms with E-state index in [1.807, 2.05) is 60.4 Å². The highest BCUT2D eigenvalue weighted by Gasteiger charge is 2.18. The molecule has 0 radical (unpaired) electrons. The highest BCUT2D eigenvalue weighted by Crippen LogP contribution is 2.16. The van der Waals surface area contributed by atoms with Gasteiger partial charge in [-0.1, -0.05) is 62.9 Å². The molecular formula is C28H40N2O5. The molecular weight excluding hydrogens is 444 g/mol. The summed E-state index contributed by atoms with van der Waals surface area (Å²) < 4.78 is 11.2. The van der Waals surface area contributed by atoms with Crippen LogP contribution >= 0.6 is 0 Å². The summed E-state index contributed by atoms with van der Waals surface area (Å²) in [7, 11) is 0. The fraction of sp³-hybridized carbons (Fsp3) is 0.500. The number of rotatable bonds is 16. The van der Waals surface area contributed by atoms with Crippen LogP contribution in [0.3, 0.4) is 0 Å². The predicted octanol–water partition coefficient (Wildman–Crippen LogP) is 5.91. The van der Waals surface area contributed by atoms with Crippen molar-refractivity contribution in [3.8, 4) is 5.75 Å². The van der Waals surface area contributed by atoms with Crippen molar-refractivity contribution in [1.29, 1.82) is 0 Å². The summed E-state index contributed by atoms with van der Waals surface area (Å²) in [4.78, 5) is 26.1. The zero-order valence-electron chi connectivity index (χ0n) is 21.3. The Kier molecular flexibility index (Phi) is 12.7. The molecule has 1 atom stereocenters. The van der Waals surface area contributed by atoms with Gasteiger partial charge in [0.25, 0.3) is 0 Å². The van der Waals surface area contributed by atoms with Gasteiger partial charge in [0.05, 0.1) is 6.54 Å². The summed E-state index contributed by atoms with van der Waals surface area (Å²) in [6.45, 7) is 7.82. The molecule has 0 aromatic heterocycles. The smallest absolute Gasteiger partial charge is 0.333 e. The van der Waals surface area contributed by atoms with Crippen molar-refractivity contribution in [3.05, 3.63) is 59.7 Å². The summed E-state index contributed by atoms with van der Waals surface area (Å²) in [5.74, 6) is -0.287. The molecule has 0 heterocycles. The number of benzene rings is 2. The quantitative estimate of drug-likeness (QED) is 0.289. The Labute approximate surface area is 209 Å². The van der Waals surface area contributed by atoms with Crippen molar-refractivity contribution in [2.75, 3.05) is 31.6 Å². The van der Waals surface area contributed by atoms with Crippen LogP contribution in [0, 0.1) is 6.92 Å². The van der Waals surface area contributed by atoms with Crippen molar-refractivity contribution in [2.45, 2.75) is 65.4 Å². The van der Waals surface area contributed by atoms with Gasteiger partial charge in [-0.3, -0.25) is 0 Å². The molecule has 0 spiro atoms. The van der Waals surface area contributed by atoms with E-state index in [0.29, 0.717) is 38.5 Å². The standard InChI is InChI=1S/C28H40N2O5/c1-4-6-7-8-11-18-30(28(33)29-25-13-10-9-12-22(25)3)19-20-35-24-16-14-23(15-17-24)21-26(27(31)32)34-5-2/h9-10,12-17,26H,4-8,11,18-21H2,1-3H3,(H,29,33)(H,31,32). The first kappa shape index (κ1) is 28.2. The second-order valence-corrected chi connectivity index (χ2v) is 8.63. The number of nitrogens with zero attached hydrogens (tertiary/aromatic N) is 1. The third-order valence-corrected chi connectivity index (χ3v) is 5.82. The lowest BCUT2D eigenvalue weighted by atomic mass is 10.1. The minimum Gasteiger partial charge on any atom is -0.492 e. The van der Waals surface area contributed by atoms with Crippen molar-refractivity contribution < 1.29 is 24.2 Å². The fourth-order valence-corrected chi connectivity index (χ4v) is 3.76. The van der Waals surface area contributed by atoms with Crippen molar-refractivity contribution >= 4 is 17.7 Å². The second kappa shape index (κ2) is 15.8. The summed E-state index contributed by atoms with van der Waals surface area (Å²) in [5.41, 5.74) is 2.70. The molecule has 2 N–H and O–H groups in total. The van der Waals surface area contributed by atoms with E-state index in [4.69, 9.17) is 9.47 Å². The van der Waals surface area contributed by atoms with Crippen LogP contribution < -0.4 is 10.1 Å².